The molecule has 0 saturated carbocycles. The Hall–Kier alpha value is -2.35. The smallest absolute Gasteiger partial charge is 0.333 e. The lowest BCUT2D eigenvalue weighted by molar-refractivity contribution is -0.137. The van der Waals surface area contributed by atoms with Gasteiger partial charge in [-0.25, -0.2) is 9.18 Å². The highest BCUT2D eigenvalue weighted by molar-refractivity contribution is 8.04. The number of nitrogens with one attached hydrogen (secondary N) is 1. The number of thioether (sulfide) groups is 1. The molecule has 0 aromatic heterocycles. The number of halogens is 1. The predicted molar refractivity (Wildman–Crippen MR) is 92.0 cm³/mol. The summed E-state index contributed by atoms with van der Waals surface area (Å²) in [6.07, 6.45) is 1.78. The Morgan fingerprint density at radius 2 is 2.08 bits per heavy atom. The Morgan fingerprint density at radius 3 is 2.76 bits per heavy atom. The number of nitrogens with zero attached hydrogens (tertiary/aromatic N) is 1. The molecule has 1 fully saturated rings. The second-order valence-electron chi connectivity index (χ2n) is 5.23. The van der Waals surface area contributed by atoms with E-state index in [0.29, 0.717) is 18.0 Å². The molecule has 134 valence electrons. The van der Waals surface area contributed by atoms with Gasteiger partial charge in [-0.1, -0.05) is 23.9 Å². The minimum atomic E-state index is -0.540. The van der Waals surface area contributed by atoms with E-state index in [1.165, 1.54) is 34.9 Å². The highest BCUT2D eigenvalue weighted by Gasteiger charge is 2.29. The first-order valence-electron chi connectivity index (χ1n) is 7.82. The minimum absolute atomic E-state index is 0.152. The number of hydrogen-bond acceptors (Lipinski definition) is 5. The maximum atomic E-state index is 12.8. The summed E-state index contributed by atoms with van der Waals surface area (Å²) in [5, 5.41) is 3.13. The number of carbonyl (C=O) groups is 3. The Labute approximate surface area is 149 Å². The maximum absolute atomic E-state index is 12.8. The molecule has 25 heavy (non-hydrogen) atoms. The summed E-state index contributed by atoms with van der Waals surface area (Å²) in [6.45, 7) is 2.15. The van der Waals surface area contributed by atoms with Crippen LogP contribution in [0.5, 0.6) is 0 Å². The van der Waals surface area contributed by atoms with Crippen LogP contribution in [0.1, 0.15) is 12.5 Å². The summed E-state index contributed by atoms with van der Waals surface area (Å²) in [5.74, 6) is -1.21. The quantitative estimate of drug-likeness (QED) is 0.584. The van der Waals surface area contributed by atoms with Gasteiger partial charge in [-0.05, 0) is 31.0 Å². The summed E-state index contributed by atoms with van der Waals surface area (Å²) in [5.41, 5.74) is 0.900. The summed E-state index contributed by atoms with van der Waals surface area (Å²) < 4.78 is 17.6. The predicted octanol–water partition coefficient (Wildman–Crippen LogP) is 1.46. The second-order valence-corrected chi connectivity index (χ2v) is 6.23. The summed E-state index contributed by atoms with van der Waals surface area (Å²) in [4.78, 5) is 36.7. The molecule has 0 aliphatic carbocycles. The van der Waals surface area contributed by atoms with Crippen LogP contribution in [0.2, 0.25) is 0 Å². The van der Waals surface area contributed by atoms with Crippen molar-refractivity contribution in [1.29, 1.82) is 0 Å². The van der Waals surface area contributed by atoms with E-state index in [0.717, 1.165) is 5.56 Å². The molecule has 2 rings (SSSR count). The molecule has 1 N–H and O–H groups in total. The van der Waals surface area contributed by atoms with Gasteiger partial charge in [0.25, 0.3) is 0 Å². The van der Waals surface area contributed by atoms with Crippen molar-refractivity contribution in [3.05, 3.63) is 46.8 Å². The van der Waals surface area contributed by atoms with Crippen molar-refractivity contribution in [3.63, 3.8) is 0 Å². The zero-order valence-electron chi connectivity index (χ0n) is 13.8. The van der Waals surface area contributed by atoms with E-state index in [2.05, 4.69) is 5.32 Å². The molecule has 0 unspecified atom stereocenters. The van der Waals surface area contributed by atoms with Gasteiger partial charge < -0.3 is 10.1 Å². The number of carbonyl (C=O) groups excluding carboxylic acids is 3. The first kappa shape index (κ1) is 19.0. The molecule has 0 atom stereocenters. The third kappa shape index (κ3) is 5.90. The third-order valence-electron chi connectivity index (χ3n) is 3.39. The van der Waals surface area contributed by atoms with Crippen LogP contribution in [0.15, 0.2) is 35.4 Å². The SMILES string of the molecule is CCOC(=O)C=C1SCC(=O)N1CC(=O)NCCc1ccc(F)cc1. The molecular formula is C17H19FN2O4S. The number of esters is 1. The Morgan fingerprint density at radius 1 is 1.36 bits per heavy atom. The molecule has 1 aromatic rings. The van der Waals surface area contributed by atoms with Crippen molar-refractivity contribution in [2.24, 2.45) is 0 Å². The molecule has 0 spiro atoms. The number of rotatable bonds is 7. The molecule has 1 aliphatic rings. The van der Waals surface area contributed by atoms with E-state index >= 15 is 0 Å². The standard InChI is InChI=1S/C17H19FN2O4S/c1-2-24-17(23)9-16-20(15(22)11-25-16)10-14(21)19-8-7-12-3-5-13(18)6-4-12/h3-6,9H,2,7-8,10-11H2,1H3,(H,19,21). The van der Waals surface area contributed by atoms with E-state index in [9.17, 15) is 18.8 Å². The Bertz CT molecular complexity index is 676. The molecule has 1 heterocycles. The summed E-state index contributed by atoms with van der Waals surface area (Å²) in [6, 6.07) is 6.04. The van der Waals surface area contributed by atoms with Crippen LogP contribution in [0, 0.1) is 5.82 Å². The van der Waals surface area contributed by atoms with Gasteiger partial charge in [-0.3, -0.25) is 14.5 Å². The van der Waals surface area contributed by atoms with Crippen molar-refractivity contribution in [3.8, 4) is 0 Å². The highest BCUT2D eigenvalue weighted by Crippen LogP contribution is 2.28. The first-order valence-corrected chi connectivity index (χ1v) is 8.81. The van der Waals surface area contributed by atoms with Crippen molar-refractivity contribution in [2.45, 2.75) is 13.3 Å². The zero-order valence-corrected chi connectivity index (χ0v) is 14.6. The van der Waals surface area contributed by atoms with Gasteiger partial charge in [0.05, 0.1) is 23.5 Å². The average Bonchev–Trinajstić information content (AvgIpc) is 2.90. The second kappa shape index (κ2) is 9.22. The van der Waals surface area contributed by atoms with Crippen molar-refractivity contribution in [2.75, 3.05) is 25.4 Å². The highest BCUT2D eigenvalue weighted by atomic mass is 32.2. The van der Waals surface area contributed by atoms with Gasteiger partial charge in [0.2, 0.25) is 11.8 Å². The number of benzene rings is 1. The molecule has 2 amide bonds. The fourth-order valence-corrected chi connectivity index (χ4v) is 3.11. The Balaban J connectivity index is 1.84. The first-order chi connectivity index (χ1) is 12.0. The van der Waals surface area contributed by atoms with Crippen molar-refractivity contribution in [1.82, 2.24) is 10.2 Å². The molecule has 0 radical (unpaired) electrons. The zero-order chi connectivity index (χ0) is 18.2. The lowest BCUT2D eigenvalue weighted by Gasteiger charge is -2.16. The average molecular weight is 366 g/mol. The van der Waals surface area contributed by atoms with E-state index in [4.69, 9.17) is 4.74 Å². The fraction of sp³-hybridized carbons (Fsp3) is 0.353. The molecule has 1 aliphatic heterocycles. The molecule has 8 heteroatoms. The van der Waals surface area contributed by atoms with Gasteiger partial charge in [0, 0.05) is 6.54 Å². The summed E-state index contributed by atoms with van der Waals surface area (Å²) >= 11 is 1.20. The van der Waals surface area contributed by atoms with Crippen LogP contribution in [0.4, 0.5) is 4.39 Å². The number of amides is 2. The molecular weight excluding hydrogens is 347 g/mol. The summed E-state index contributed by atoms with van der Waals surface area (Å²) in [7, 11) is 0. The van der Waals surface area contributed by atoms with Crippen LogP contribution in [0.3, 0.4) is 0 Å². The normalized spacial score (nSPS) is 15.5. The number of hydrogen-bond donors (Lipinski definition) is 1. The topological polar surface area (TPSA) is 75.7 Å². The fourth-order valence-electron chi connectivity index (χ4n) is 2.18. The molecule has 1 aromatic carbocycles. The van der Waals surface area contributed by atoms with Gasteiger partial charge in [0.15, 0.2) is 0 Å². The van der Waals surface area contributed by atoms with E-state index in [1.54, 1.807) is 19.1 Å². The van der Waals surface area contributed by atoms with Gasteiger partial charge in [-0.2, -0.15) is 0 Å². The Kier molecular flexibility index (Phi) is 7.00. The van der Waals surface area contributed by atoms with Crippen LogP contribution in [0.25, 0.3) is 0 Å². The van der Waals surface area contributed by atoms with Crippen LogP contribution >= 0.6 is 11.8 Å². The van der Waals surface area contributed by atoms with E-state index < -0.39 is 5.97 Å². The van der Waals surface area contributed by atoms with E-state index in [-0.39, 0.29) is 36.5 Å². The molecule has 6 nitrogen and oxygen atoms in total. The van der Waals surface area contributed by atoms with Crippen molar-refractivity contribution < 1.29 is 23.5 Å². The molecule has 1 saturated heterocycles. The van der Waals surface area contributed by atoms with Gasteiger partial charge in [-0.15, -0.1) is 0 Å². The monoisotopic (exact) mass is 366 g/mol. The minimum Gasteiger partial charge on any atom is -0.463 e. The number of ether oxygens (including phenoxy) is 1. The van der Waals surface area contributed by atoms with Gasteiger partial charge in [0.1, 0.15) is 12.4 Å². The largest absolute Gasteiger partial charge is 0.463 e. The lowest BCUT2D eigenvalue weighted by atomic mass is 10.1. The van der Waals surface area contributed by atoms with Crippen molar-refractivity contribution >= 4 is 29.5 Å². The lowest BCUT2D eigenvalue weighted by Crippen LogP contribution is -2.38. The van der Waals surface area contributed by atoms with Gasteiger partial charge >= 0.3 is 5.97 Å². The van der Waals surface area contributed by atoms with Crippen LogP contribution in [-0.2, 0) is 25.5 Å². The van der Waals surface area contributed by atoms with Crippen LogP contribution in [-0.4, -0.2) is 48.1 Å². The maximum Gasteiger partial charge on any atom is 0.333 e. The van der Waals surface area contributed by atoms with E-state index in [1.807, 2.05) is 0 Å². The third-order valence-corrected chi connectivity index (χ3v) is 4.41. The van der Waals surface area contributed by atoms with Crippen LogP contribution < -0.4 is 5.32 Å². The molecule has 0 bridgehead atoms.